The van der Waals surface area contributed by atoms with Gasteiger partial charge in [0.1, 0.15) is 11.5 Å². The lowest BCUT2D eigenvalue weighted by Gasteiger charge is -2.27. The first-order valence-corrected chi connectivity index (χ1v) is 13.3. The second-order valence-corrected chi connectivity index (χ2v) is 11.5. The summed E-state index contributed by atoms with van der Waals surface area (Å²) in [5, 5.41) is 3.25. The molecule has 0 spiro atoms. The molecule has 10 heteroatoms. The Morgan fingerprint density at radius 2 is 1.82 bits per heavy atom. The van der Waals surface area contributed by atoms with E-state index in [0.717, 1.165) is 30.0 Å². The van der Waals surface area contributed by atoms with Crippen LogP contribution in [0.3, 0.4) is 0 Å². The molecule has 0 saturated carbocycles. The van der Waals surface area contributed by atoms with Crippen LogP contribution in [0.4, 0.5) is 5.00 Å². The van der Waals surface area contributed by atoms with Gasteiger partial charge in [-0.3, -0.25) is 9.59 Å². The number of rotatable bonds is 10. The van der Waals surface area contributed by atoms with Crippen LogP contribution in [0.2, 0.25) is 0 Å². The Balaban J connectivity index is 1.83. The highest BCUT2D eigenvalue weighted by atomic mass is 32.2. The van der Waals surface area contributed by atoms with Gasteiger partial charge in [-0.15, -0.1) is 24.5 Å². The molecule has 3 rings (SSSR count). The summed E-state index contributed by atoms with van der Waals surface area (Å²) >= 11 is 1.38. The van der Waals surface area contributed by atoms with E-state index in [9.17, 15) is 18.0 Å². The summed E-state index contributed by atoms with van der Waals surface area (Å²) in [6.45, 7) is 13.5. The van der Waals surface area contributed by atoms with Crippen molar-refractivity contribution in [2.45, 2.75) is 37.8 Å². The van der Waals surface area contributed by atoms with E-state index in [0.29, 0.717) is 16.6 Å². The monoisotopic (exact) mass is 503 g/mol. The van der Waals surface area contributed by atoms with Gasteiger partial charge in [-0.2, -0.15) is 4.31 Å². The summed E-state index contributed by atoms with van der Waals surface area (Å²) in [6.07, 6.45) is 3.73. The summed E-state index contributed by atoms with van der Waals surface area (Å²) in [5.74, 6) is -1.00. The lowest BCUT2D eigenvalue weighted by molar-refractivity contribution is -0.936. The SMILES string of the molecule is C=CCN(CC=C)S(=O)(=O)c1ccc(C(=O)Nc2sc3c(c2C(N)=O)CC[NH+](C(C)C)C3)cc1. The van der Waals surface area contributed by atoms with E-state index in [4.69, 9.17) is 5.73 Å². The minimum atomic E-state index is -3.76. The van der Waals surface area contributed by atoms with Crippen LogP contribution in [-0.4, -0.2) is 50.2 Å². The fraction of sp³-hybridized carbons (Fsp3) is 0.333. The van der Waals surface area contributed by atoms with Gasteiger partial charge in [0.15, 0.2) is 0 Å². The third-order valence-corrected chi connectivity index (χ3v) is 8.88. The number of anilines is 1. The Morgan fingerprint density at radius 3 is 2.35 bits per heavy atom. The number of benzene rings is 1. The topological polar surface area (TPSA) is 114 Å². The van der Waals surface area contributed by atoms with Crippen molar-refractivity contribution in [2.24, 2.45) is 5.73 Å². The first kappa shape index (κ1) is 25.8. The molecule has 0 bridgehead atoms. The average Bonchev–Trinajstić information content (AvgIpc) is 3.16. The molecule has 2 heterocycles. The molecule has 1 aromatic carbocycles. The first-order valence-electron chi connectivity index (χ1n) is 11.0. The van der Waals surface area contributed by atoms with Crippen LogP contribution in [0, 0.1) is 0 Å². The number of fused-ring (bicyclic) bond motifs is 1. The first-order chi connectivity index (χ1) is 16.1. The van der Waals surface area contributed by atoms with Crippen LogP contribution >= 0.6 is 11.3 Å². The fourth-order valence-corrected chi connectivity index (χ4v) is 6.68. The molecule has 2 aromatic rings. The predicted molar refractivity (Wildman–Crippen MR) is 135 cm³/mol. The number of carbonyl (C=O) groups is 2. The Bertz CT molecular complexity index is 1190. The largest absolute Gasteiger partial charge is 0.365 e. The van der Waals surface area contributed by atoms with Gasteiger partial charge in [0.25, 0.3) is 11.8 Å². The van der Waals surface area contributed by atoms with E-state index in [2.05, 4.69) is 32.3 Å². The van der Waals surface area contributed by atoms with Crippen molar-refractivity contribution >= 4 is 38.2 Å². The van der Waals surface area contributed by atoms with Gasteiger partial charge in [-0.1, -0.05) is 12.2 Å². The zero-order valence-electron chi connectivity index (χ0n) is 19.5. The van der Waals surface area contributed by atoms with Crippen LogP contribution < -0.4 is 16.0 Å². The molecule has 1 atom stereocenters. The summed E-state index contributed by atoms with van der Waals surface area (Å²) < 4.78 is 27.0. The lowest BCUT2D eigenvalue weighted by atomic mass is 10.0. The third kappa shape index (κ3) is 5.30. The van der Waals surface area contributed by atoms with Crippen molar-refractivity contribution in [3.05, 3.63) is 71.1 Å². The summed E-state index contributed by atoms with van der Waals surface area (Å²) in [4.78, 5) is 27.7. The number of hydrogen-bond donors (Lipinski definition) is 3. The second-order valence-electron chi connectivity index (χ2n) is 8.44. The van der Waals surface area contributed by atoms with Crippen molar-refractivity contribution in [3.63, 3.8) is 0 Å². The van der Waals surface area contributed by atoms with E-state index in [1.54, 1.807) is 0 Å². The molecule has 8 nitrogen and oxygen atoms in total. The summed E-state index contributed by atoms with van der Waals surface area (Å²) in [7, 11) is -3.76. The number of nitrogens with one attached hydrogen (secondary N) is 2. The van der Waals surface area contributed by atoms with Crippen LogP contribution in [-0.2, 0) is 23.0 Å². The number of carbonyl (C=O) groups excluding carboxylic acids is 2. The maximum Gasteiger partial charge on any atom is 0.256 e. The highest BCUT2D eigenvalue weighted by Gasteiger charge is 2.31. The van der Waals surface area contributed by atoms with E-state index in [1.807, 2.05) is 0 Å². The van der Waals surface area contributed by atoms with Gasteiger partial charge < -0.3 is 16.0 Å². The fourth-order valence-electron chi connectivity index (χ4n) is 4.00. The quantitative estimate of drug-likeness (QED) is 0.429. The van der Waals surface area contributed by atoms with Gasteiger partial charge in [0.2, 0.25) is 10.0 Å². The molecule has 1 aliphatic rings. The molecule has 4 N–H and O–H groups in total. The maximum absolute atomic E-state index is 12.9. The van der Waals surface area contributed by atoms with Gasteiger partial charge in [0, 0.05) is 25.1 Å². The number of nitrogens with zero attached hydrogens (tertiary/aromatic N) is 1. The second kappa shape index (κ2) is 10.6. The Hall–Kier alpha value is -2.79. The predicted octanol–water partition coefficient (Wildman–Crippen LogP) is 1.81. The lowest BCUT2D eigenvalue weighted by Crippen LogP contribution is -3.14. The molecule has 0 aliphatic carbocycles. The Labute approximate surface area is 204 Å². The van der Waals surface area contributed by atoms with Crippen LogP contribution in [0.1, 0.15) is 45.0 Å². The van der Waals surface area contributed by atoms with Gasteiger partial charge in [-0.25, -0.2) is 8.42 Å². The minimum Gasteiger partial charge on any atom is -0.365 e. The van der Waals surface area contributed by atoms with E-state index >= 15 is 0 Å². The Kier molecular flexibility index (Phi) is 8.09. The van der Waals surface area contributed by atoms with Crippen molar-refractivity contribution in [3.8, 4) is 0 Å². The number of nitrogens with two attached hydrogens (primary N) is 1. The standard InChI is InChI=1S/C24H30N4O4S2/c1-5-12-28(13-6-2)34(31,32)18-9-7-17(8-10-18)23(30)26-24-21(22(25)29)19-11-14-27(16(3)4)15-20(19)33-24/h5-10,16H,1-2,11-15H2,3-4H3,(H2,25,29)(H,26,30)/p+1. The number of sulfonamides is 1. The van der Waals surface area contributed by atoms with Crippen molar-refractivity contribution in [1.82, 2.24) is 4.31 Å². The number of quaternary nitrogens is 1. The Morgan fingerprint density at radius 1 is 1.21 bits per heavy atom. The highest BCUT2D eigenvalue weighted by Crippen LogP contribution is 2.35. The average molecular weight is 504 g/mol. The van der Waals surface area contributed by atoms with Crippen molar-refractivity contribution in [1.29, 1.82) is 0 Å². The van der Waals surface area contributed by atoms with Crippen LogP contribution in [0.5, 0.6) is 0 Å². The zero-order valence-corrected chi connectivity index (χ0v) is 21.1. The molecule has 0 radical (unpaired) electrons. The van der Waals surface area contributed by atoms with E-state index < -0.39 is 21.8 Å². The van der Waals surface area contributed by atoms with Gasteiger partial charge in [0.05, 0.1) is 27.9 Å². The molecule has 2 amide bonds. The molecule has 1 aliphatic heterocycles. The maximum atomic E-state index is 12.9. The van der Waals surface area contributed by atoms with Crippen molar-refractivity contribution in [2.75, 3.05) is 25.0 Å². The number of amides is 2. The highest BCUT2D eigenvalue weighted by molar-refractivity contribution is 7.89. The molecule has 34 heavy (non-hydrogen) atoms. The smallest absolute Gasteiger partial charge is 0.256 e. The van der Waals surface area contributed by atoms with Crippen LogP contribution in [0.25, 0.3) is 0 Å². The molecule has 1 aromatic heterocycles. The van der Waals surface area contributed by atoms with Crippen LogP contribution in [0.15, 0.2) is 54.5 Å². The van der Waals surface area contributed by atoms with Crippen molar-refractivity contribution < 1.29 is 22.9 Å². The molecular weight excluding hydrogens is 472 g/mol. The third-order valence-electron chi connectivity index (χ3n) is 5.88. The molecular formula is C24H31N4O4S2+. The summed E-state index contributed by atoms with van der Waals surface area (Å²) in [5.41, 5.74) is 7.23. The zero-order chi connectivity index (χ0) is 25.0. The van der Waals surface area contributed by atoms with Gasteiger partial charge >= 0.3 is 0 Å². The normalized spacial score (nSPS) is 15.7. The molecule has 0 saturated heterocycles. The number of thiophene rings is 1. The van der Waals surface area contributed by atoms with Gasteiger partial charge in [-0.05, 0) is 43.7 Å². The molecule has 0 fully saturated rings. The van der Waals surface area contributed by atoms with E-state index in [1.165, 1.54) is 57.0 Å². The van der Waals surface area contributed by atoms with E-state index in [-0.39, 0.29) is 23.5 Å². The number of primary amides is 1. The number of hydrogen-bond acceptors (Lipinski definition) is 5. The minimum absolute atomic E-state index is 0.0638. The molecule has 182 valence electrons. The summed E-state index contributed by atoms with van der Waals surface area (Å²) in [6, 6.07) is 6.13. The molecule has 1 unspecified atom stereocenters.